The molecule has 0 aliphatic carbocycles. The van der Waals surface area contributed by atoms with Crippen molar-refractivity contribution in [2.45, 2.75) is 4.90 Å². The standard InChI is InChI=1S/C13H8N2O2S2/c16-15(17)8-5-6-12-10(7-8)14-13(19-12)9-3-1-2-4-11(9)18/h1-7,18H. The van der Waals surface area contributed by atoms with Gasteiger partial charge in [-0.1, -0.05) is 18.2 Å². The Morgan fingerprint density at radius 2 is 2.00 bits per heavy atom. The molecular formula is C13H8N2O2S2. The van der Waals surface area contributed by atoms with Crippen molar-refractivity contribution in [3.63, 3.8) is 0 Å². The van der Waals surface area contributed by atoms with Gasteiger partial charge in [0.05, 0.1) is 15.1 Å². The number of thiol groups is 1. The lowest BCUT2D eigenvalue weighted by atomic mass is 10.2. The van der Waals surface area contributed by atoms with E-state index in [-0.39, 0.29) is 5.69 Å². The topological polar surface area (TPSA) is 56.0 Å². The SMILES string of the molecule is O=[N+]([O-])c1ccc2sc(-c3ccccc3S)nc2c1. The normalized spacial score (nSPS) is 10.8. The van der Waals surface area contributed by atoms with Gasteiger partial charge in [-0.15, -0.1) is 24.0 Å². The maximum absolute atomic E-state index is 10.7. The maximum Gasteiger partial charge on any atom is 0.271 e. The van der Waals surface area contributed by atoms with E-state index in [0.29, 0.717) is 5.52 Å². The van der Waals surface area contributed by atoms with E-state index in [1.807, 2.05) is 24.3 Å². The van der Waals surface area contributed by atoms with Gasteiger partial charge in [0, 0.05) is 22.6 Å². The van der Waals surface area contributed by atoms with Gasteiger partial charge in [0.25, 0.3) is 5.69 Å². The van der Waals surface area contributed by atoms with Gasteiger partial charge >= 0.3 is 0 Å². The number of fused-ring (bicyclic) bond motifs is 1. The summed E-state index contributed by atoms with van der Waals surface area (Å²) in [6.07, 6.45) is 0. The summed E-state index contributed by atoms with van der Waals surface area (Å²) < 4.78 is 0.928. The van der Waals surface area contributed by atoms with Crippen molar-refractivity contribution in [1.82, 2.24) is 4.98 Å². The third-order valence-corrected chi connectivity index (χ3v) is 4.18. The van der Waals surface area contributed by atoms with Crippen molar-refractivity contribution in [2.24, 2.45) is 0 Å². The number of aromatic nitrogens is 1. The third-order valence-electron chi connectivity index (χ3n) is 2.72. The molecule has 0 unspecified atom stereocenters. The molecule has 0 atom stereocenters. The third kappa shape index (κ3) is 2.20. The Bertz CT molecular complexity index is 783. The van der Waals surface area contributed by atoms with E-state index in [9.17, 15) is 10.1 Å². The maximum atomic E-state index is 10.7. The molecule has 0 aliphatic heterocycles. The number of nitrogens with zero attached hydrogens (tertiary/aromatic N) is 2. The first kappa shape index (κ1) is 12.1. The van der Waals surface area contributed by atoms with Crippen LogP contribution >= 0.6 is 24.0 Å². The number of hydrogen-bond acceptors (Lipinski definition) is 5. The second-order valence-corrected chi connectivity index (χ2v) is 5.46. The summed E-state index contributed by atoms with van der Waals surface area (Å²) in [6.45, 7) is 0. The van der Waals surface area contributed by atoms with E-state index in [1.54, 1.807) is 6.07 Å². The zero-order chi connectivity index (χ0) is 13.4. The summed E-state index contributed by atoms with van der Waals surface area (Å²) in [5.74, 6) is 0. The van der Waals surface area contributed by atoms with Gasteiger partial charge in [-0.3, -0.25) is 10.1 Å². The predicted molar refractivity (Wildman–Crippen MR) is 79.0 cm³/mol. The molecule has 0 radical (unpaired) electrons. The second kappa shape index (κ2) is 4.64. The van der Waals surface area contributed by atoms with Crippen molar-refractivity contribution < 1.29 is 4.92 Å². The first-order valence-electron chi connectivity index (χ1n) is 5.48. The van der Waals surface area contributed by atoms with E-state index in [4.69, 9.17) is 0 Å². The summed E-state index contributed by atoms with van der Waals surface area (Å²) in [5.41, 5.74) is 1.64. The van der Waals surface area contributed by atoms with Crippen molar-refractivity contribution >= 4 is 39.9 Å². The minimum absolute atomic E-state index is 0.0588. The minimum Gasteiger partial charge on any atom is -0.258 e. The van der Waals surface area contributed by atoms with E-state index >= 15 is 0 Å². The Kier molecular flexibility index (Phi) is 2.96. The highest BCUT2D eigenvalue weighted by Crippen LogP contribution is 2.34. The smallest absolute Gasteiger partial charge is 0.258 e. The quantitative estimate of drug-likeness (QED) is 0.437. The molecular weight excluding hydrogens is 280 g/mol. The largest absolute Gasteiger partial charge is 0.271 e. The van der Waals surface area contributed by atoms with Gasteiger partial charge in [-0.2, -0.15) is 0 Å². The van der Waals surface area contributed by atoms with Gasteiger partial charge in [0.1, 0.15) is 5.01 Å². The van der Waals surface area contributed by atoms with Crippen molar-refractivity contribution in [3.05, 3.63) is 52.6 Å². The highest BCUT2D eigenvalue weighted by atomic mass is 32.1. The van der Waals surface area contributed by atoms with Crippen LogP contribution in [0.15, 0.2) is 47.4 Å². The molecule has 0 N–H and O–H groups in total. The summed E-state index contributed by atoms with van der Waals surface area (Å²) in [5, 5.41) is 11.6. The molecule has 1 heterocycles. The van der Waals surface area contributed by atoms with Crippen LogP contribution in [-0.2, 0) is 0 Å². The Morgan fingerprint density at radius 3 is 2.74 bits per heavy atom. The number of non-ortho nitro benzene ring substituents is 1. The Morgan fingerprint density at radius 1 is 1.21 bits per heavy atom. The fraction of sp³-hybridized carbons (Fsp3) is 0. The van der Waals surface area contributed by atoms with Crippen molar-refractivity contribution in [2.75, 3.05) is 0 Å². The van der Waals surface area contributed by atoms with Gasteiger partial charge < -0.3 is 0 Å². The monoisotopic (exact) mass is 288 g/mol. The predicted octanol–water partition coefficient (Wildman–Crippen LogP) is 4.16. The highest BCUT2D eigenvalue weighted by Gasteiger charge is 2.12. The Balaban J connectivity index is 2.17. The van der Waals surface area contributed by atoms with E-state index in [1.165, 1.54) is 23.5 Å². The zero-order valence-electron chi connectivity index (χ0n) is 9.61. The lowest BCUT2D eigenvalue weighted by Crippen LogP contribution is -1.86. The number of rotatable bonds is 2. The number of thiazole rings is 1. The molecule has 2 aromatic carbocycles. The van der Waals surface area contributed by atoms with Crippen LogP contribution in [0.5, 0.6) is 0 Å². The molecule has 94 valence electrons. The minimum atomic E-state index is -0.412. The fourth-order valence-electron chi connectivity index (χ4n) is 1.80. The van der Waals surface area contributed by atoms with Crippen LogP contribution in [0.25, 0.3) is 20.8 Å². The van der Waals surface area contributed by atoms with Crippen LogP contribution < -0.4 is 0 Å². The first-order valence-corrected chi connectivity index (χ1v) is 6.75. The van der Waals surface area contributed by atoms with Crippen molar-refractivity contribution in [1.29, 1.82) is 0 Å². The average Bonchev–Trinajstić information content (AvgIpc) is 2.81. The molecule has 19 heavy (non-hydrogen) atoms. The van der Waals surface area contributed by atoms with Gasteiger partial charge in [-0.05, 0) is 12.1 Å². The summed E-state index contributed by atoms with van der Waals surface area (Å²) in [4.78, 5) is 15.6. The molecule has 0 fully saturated rings. The summed E-state index contributed by atoms with van der Waals surface area (Å²) in [7, 11) is 0. The number of nitro benzene ring substituents is 1. The van der Waals surface area contributed by atoms with Crippen LogP contribution in [0, 0.1) is 10.1 Å². The molecule has 0 amide bonds. The molecule has 0 spiro atoms. The Hall–Kier alpha value is -1.92. The molecule has 0 saturated carbocycles. The average molecular weight is 288 g/mol. The van der Waals surface area contributed by atoms with Crippen molar-refractivity contribution in [3.8, 4) is 10.6 Å². The van der Waals surface area contributed by atoms with Crippen LogP contribution in [0.4, 0.5) is 5.69 Å². The van der Waals surface area contributed by atoms with Gasteiger partial charge in [0.2, 0.25) is 0 Å². The van der Waals surface area contributed by atoms with Crippen LogP contribution in [0.1, 0.15) is 0 Å². The number of hydrogen-bond donors (Lipinski definition) is 1. The molecule has 3 rings (SSSR count). The molecule has 0 saturated heterocycles. The summed E-state index contributed by atoms with van der Waals surface area (Å²) in [6, 6.07) is 12.4. The Labute approximate surface area is 118 Å². The fourth-order valence-corrected chi connectivity index (χ4v) is 3.13. The molecule has 4 nitrogen and oxygen atoms in total. The zero-order valence-corrected chi connectivity index (χ0v) is 11.3. The van der Waals surface area contributed by atoms with E-state index in [2.05, 4.69) is 17.6 Å². The molecule has 1 aromatic heterocycles. The molecule has 0 aliphatic rings. The molecule has 6 heteroatoms. The summed E-state index contributed by atoms with van der Waals surface area (Å²) >= 11 is 5.90. The van der Waals surface area contributed by atoms with Gasteiger partial charge in [0.15, 0.2) is 0 Å². The van der Waals surface area contributed by atoms with Gasteiger partial charge in [-0.25, -0.2) is 4.98 Å². The second-order valence-electron chi connectivity index (χ2n) is 3.95. The first-order chi connectivity index (χ1) is 9.15. The van der Waals surface area contributed by atoms with Crippen LogP contribution in [0.3, 0.4) is 0 Å². The number of nitro groups is 1. The molecule has 3 aromatic rings. The van der Waals surface area contributed by atoms with E-state index in [0.717, 1.165) is 20.2 Å². The highest BCUT2D eigenvalue weighted by molar-refractivity contribution is 7.80. The lowest BCUT2D eigenvalue weighted by Gasteiger charge is -1.98. The van der Waals surface area contributed by atoms with Crippen LogP contribution in [-0.4, -0.2) is 9.91 Å². The molecule has 0 bridgehead atoms. The van der Waals surface area contributed by atoms with E-state index < -0.39 is 4.92 Å². The van der Waals surface area contributed by atoms with Crippen LogP contribution in [0.2, 0.25) is 0 Å². The number of benzene rings is 2. The lowest BCUT2D eigenvalue weighted by molar-refractivity contribution is -0.384.